The molecular weight excluding hydrogens is 831 g/mol. The zero-order chi connectivity index (χ0) is 46.1. The lowest BCUT2D eigenvalue weighted by atomic mass is 9.52. The predicted octanol–water partition coefficient (Wildman–Crippen LogP) is 10.4. The molecule has 5 heterocycles. The summed E-state index contributed by atoms with van der Waals surface area (Å²) in [5.74, 6) is 4.35. The quantitative estimate of drug-likeness (QED) is 0.225. The molecule has 364 valence electrons. The number of ether oxygens (including phenoxy) is 2. The van der Waals surface area contributed by atoms with Crippen LogP contribution in [0.1, 0.15) is 151 Å². The number of nitrogens with zero attached hydrogens (tertiary/aromatic N) is 3. The zero-order valence-corrected chi connectivity index (χ0v) is 41.6. The van der Waals surface area contributed by atoms with Gasteiger partial charge in [0.05, 0.1) is 12.2 Å². The van der Waals surface area contributed by atoms with Crippen LogP contribution < -0.4 is 0 Å². The first-order valence-corrected chi connectivity index (χ1v) is 27.3. The Labute approximate surface area is 402 Å². The average Bonchev–Trinajstić information content (AvgIpc) is 4.04. The Morgan fingerprint density at radius 2 is 0.985 bits per heavy atom. The molecule has 11 atom stereocenters. The molecule has 8 heteroatoms. The van der Waals surface area contributed by atoms with E-state index in [0.29, 0.717) is 58.8 Å². The summed E-state index contributed by atoms with van der Waals surface area (Å²) in [6.45, 7) is 18.6. The van der Waals surface area contributed by atoms with Gasteiger partial charge in [-0.15, -0.1) is 0 Å². The van der Waals surface area contributed by atoms with E-state index >= 15 is 0 Å². The molecule has 3 N–H and O–H groups in total. The molecule has 0 aromatic heterocycles. The van der Waals surface area contributed by atoms with E-state index in [2.05, 4.69) is 66.7 Å². The van der Waals surface area contributed by atoms with Crippen LogP contribution in [-0.4, -0.2) is 113 Å². The normalized spacial score (nSPS) is 37.6. The van der Waals surface area contributed by atoms with Gasteiger partial charge in [-0.1, -0.05) is 65.2 Å². The van der Waals surface area contributed by atoms with Crippen molar-refractivity contribution in [3.05, 3.63) is 88.0 Å². The fraction of sp³-hybridized carbons (Fsp3) is 0.695. The number of phenols is 3. The van der Waals surface area contributed by atoms with Crippen molar-refractivity contribution in [2.45, 2.75) is 183 Å². The van der Waals surface area contributed by atoms with Crippen LogP contribution in [0.5, 0.6) is 17.2 Å². The lowest BCUT2D eigenvalue weighted by Gasteiger charge is -2.59. The molecule has 67 heavy (non-hydrogen) atoms. The number of hydrogen-bond acceptors (Lipinski definition) is 8. The molecule has 5 saturated heterocycles. The number of rotatable bonds is 6. The van der Waals surface area contributed by atoms with Gasteiger partial charge in [-0.25, -0.2) is 0 Å². The maximum absolute atomic E-state index is 10.1. The van der Waals surface area contributed by atoms with Crippen LogP contribution in [0.15, 0.2) is 54.6 Å². The third kappa shape index (κ3) is 8.46. The summed E-state index contributed by atoms with van der Waals surface area (Å²) in [4.78, 5) is 8.23. The maximum Gasteiger partial charge on any atom is 0.115 e. The molecule has 3 aromatic rings. The molecule has 10 aliphatic rings. The largest absolute Gasteiger partial charge is 0.508 e. The smallest absolute Gasteiger partial charge is 0.115 e. The van der Waals surface area contributed by atoms with Crippen LogP contribution in [0.25, 0.3) is 0 Å². The van der Waals surface area contributed by atoms with Crippen molar-refractivity contribution in [1.82, 2.24) is 14.7 Å². The second-order valence-corrected chi connectivity index (χ2v) is 24.1. The minimum absolute atomic E-state index is 0.198. The fourth-order valence-corrected chi connectivity index (χ4v) is 16.3. The van der Waals surface area contributed by atoms with Crippen LogP contribution in [0.3, 0.4) is 0 Å². The van der Waals surface area contributed by atoms with Gasteiger partial charge in [0.25, 0.3) is 0 Å². The van der Waals surface area contributed by atoms with E-state index in [1.54, 1.807) is 0 Å². The van der Waals surface area contributed by atoms with Gasteiger partial charge in [-0.2, -0.15) is 0 Å². The highest BCUT2D eigenvalue weighted by molar-refractivity contribution is 5.47. The van der Waals surface area contributed by atoms with Crippen LogP contribution in [-0.2, 0) is 45.0 Å². The molecule has 0 unspecified atom stereocenters. The van der Waals surface area contributed by atoms with Gasteiger partial charge in [-0.3, -0.25) is 14.7 Å². The van der Waals surface area contributed by atoms with Crippen molar-refractivity contribution >= 4 is 0 Å². The first-order valence-electron chi connectivity index (χ1n) is 27.3. The first kappa shape index (κ1) is 46.3. The number of phenolic OH excluding ortho intramolecular Hbond substituents is 3. The second kappa shape index (κ2) is 18.6. The minimum Gasteiger partial charge on any atom is -0.508 e. The Bertz CT molecular complexity index is 2130. The van der Waals surface area contributed by atoms with Crippen LogP contribution >= 0.6 is 0 Å². The lowest BCUT2D eigenvalue weighted by molar-refractivity contribution is -0.0240. The zero-order valence-electron chi connectivity index (χ0n) is 41.6. The average molecular weight is 914 g/mol. The molecule has 2 saturated carbocycles. The van der Waals surface area contributed by atoms with E-state index in [1.807, 2.05) is 30.3 Å². The molecule has 7 fully saturated rings. The highest BCUT2D eigenvalue weighted by Gasteiger charge is 2.55. The third-order valence-corrected chi connectivity index (χ3v) is 20.8. The number of likely N-dealkylation sites (tertiary alicyclic amines) is 3. The SMILES string of the molecule is C[C@H]1[C@H]2Cc3ccc(O)cc3[C@]1(C)CCN2C[C@@H]1CCCO1.C[C@H]1[C@H]2Cc3ccc(O)cc3[C@]1(C)CCN2C[C@H]1CCCO1.Oc1ccc2c(c1)[C@@]13CCCC[C@H]1[C@@H](C2)N(CC1CCC1)CC3. The number of aromatic hydroxyl groups is 3. The lowest BCUT2D eigenvalue weighted by Crippen LogP contribution is -2.61. The Morgan fingerprint density at radius 3 is 1.48 bits per heavy atom. The molecule has 3 aromatic carbocycles. The highest BCUT2D eigenvalue weighted by Crippen LogP contribution is 2.57. The van der Waals surface area contributed by atoms with Gasteiger partial charge in [0, 0.05) is 56.4 Å². The maximum atomic E-state index is 10.1. The molecule has 0 spiro atoms. The fourth-order valence-electron chi connectivity index (χ4n) is 16.3. The molecule has 13 rings (SSSR count). The summed E-state index contributed by atoms with van der Waals surface area (Å²) in [6, 6.07) is 20.2. The third-order valence-electron chi connectivity index (χ3n) is 20.8. The van der Waals surface area contributed by atoms with Gasteiger partial charge in [0.2, 0.25) is 0 Å². The van der Waals surface area contributed by atoms with Crippen molar-refractivity contribution in [3.63, 3.8) is 0 Å². The van der Waals surface area contributed by atoms with Gasteiger partial charge < -0.3 is 24.8 Å². The van der Waals surface area contributed by atoms with Gasteiger partial charge in [0.1, 0.15) is 17.2 Å². The van der Waals surface area contributed by atoms with Gasteiger partial charge >= 0.3 is 0 Å². The summed E-state index contributed by atoms with van der Waals surface area (Å²) < 4.78 is 11.7. The Balaban J connectivity index is 0.000000111. The van der Waals surface area contributed by atoms with Crippen LogP contribution in [0.2, 0.25) is 0 Å². The van der Waals surface area contributed by atoms with Crippen molar-refractivity contribution in [2.24, 2.45) is 23.7 Å². The summed E-state index contributed by atoms with van der Waals surface area (Å²) in [6.07, 6.45) is 22.8. The van der Waals surface area contributed by atoms with Crippen molar-refractivity contribution in [2.75, 3.05) is 52.5 Å². The Kier molecular flexibility index (Phi) is 12.8. The van der Waals surface area contributed by atoms with Crippen LogP contribution in [0.4, 0.5) is 0 Å². The van der Waals surface area contributed by atoms with Gasteiger partial charge in [-0.05, 0) is 214 Å². The summed E-state index contributed by atoms with van der Waals surface area (Å²) in [5, 5.41) is 29.9. The van der Waals surface area contributed by atoms with E-state index < -0.39 is 0 Å². The number of hydrogen-bond donors (Lipinski definition) is 3. The monoisotopic (exact) mass is 914 g/mol. The van der Waals surface area contributed by atoms with E-state index in [4.69, 9.17) is 9.47 Å². The number of piperidine rings is 3. The first-order chi connectivity index (χ1) is 32.4. The standard InChI is InChI=1S/C21H29NO.2C19H27NO2/c23-17-8-7-16-12-20-18-6-1-2-9-21(18,19(16)13-17)10-11-22(20)14-15-4-3-5-15;2*1-13-18-10-14-5-6-15(21)11-17(14)19(13,2)7-8-20(18)12-16-4-3-9-22-16/h7-8,13,15,18,20,23H,1-6,9-12,14H2;2*5-6,11,13,16,18,21H,3-4,7-10,12H2,1-2H3/t18-,20+,21+;13-,16+,18+,19+;13-,16-,18+,19+/m000/s1. The Morgan fingerprint density at radius 1 is 0.507 bits per heavy atom. The molecule has 8 nitrogen and oxygen atoms in total. The molecular formula is C59H83N3O5. The molecule has 5 aliphatic heterocycles. The van der Waals surface area contributed by atoms with E-state index in [0.717, 1.165) is 70.1 Å². The van der Waals surface area contributed by atoms with E-state index in [9.17, 15) is 15.3 Å². The molecule has 5 aliphatic carbocycles. The van der Waals surface area contributed by atoms with Crippen molar-refractivity contribution < 1.29 is 24.8 Å². The van der Waals surface area contributed by atoms with Crippen molar-refractivity contribution in [3.8, 4) is 17.2 Å². The predicted molar refractivity (Wildman–Crippen MR) is 267 cm³/mol. The summed E-state index contributed by atoms with van der Waals surface area (Å²) in [7, 11) is 0. The van der Waals surface area contributed by atoms with Crippen molar-refractivity contribution in [1.29, 1.82) is 0 Å². The van der Waals surface area contributed by atoms with Crippen LogP contribution in [0, 0.1) is 23.7 Å². The summed E-state index contributed by atoms with van der Waals surface area (Å²) >= 11 is 0. The Hall–Kier alpha value is -3.14. The van der Waals surface area contributed by atoms with E-state index in [1.165, 1.54) is 143 Å². The molecule has 0 amide bonds. The number of fused-ring (bicyclic) bond motifs is 9. The van der Waals surface area contributed by atoms with Gasteiger partial charge in [0.15, 0.2) is 0 Å². The topological polar surface area (TPSA) is 88.9 Å². The highest BCUT2D eigenvalue weighted by atomic mass is 16.5. The van der Waals surface area contributed by atoms with E-state index in [-0.39, 0.29) is 10.8 Å². The molecule has 6 bridgehead atoms. The minimum atomic E-state index is 0.198. The summed E-state index contributed by atoms with van der Waals surface area (Å²) in [5.41, 5.74) is 9.45. The molecule has 0 radical (unpaired) electrons. The second-order valence-electron chi connectivity index (χ2n) is 24.1. The number of benzene rings is 3.